The largest absolute Gasteiger partial charge is 0.379 e. The zero-order valence-electron chi connectivity index (χ0n) is 12.6. The molecule has 0 radical (unpaired) electrons. The Kier molecular flexibility index (Phi) is 4.45. The highest BCUT2D eigenvalue weighted by atomic mass is 16.5. The predicted octanol–water partition coefficient (Wildman–Crippen LogP) is 1.98. The zero-order valence-corrected chi connectivity index (χ0v) is 12.6. The van der Waals surface area contributed by atoms with Crippen LogP contribution < -0.4 is 5.32 Å². The maximum atomic E-state index is 5.67. The fourth-order valence-electron chi connectivity index (χ4n) is 4.97. The van der Waals surface area contributed by atoms with Crippen molar-refractivity contribution in [1.29, 1.82) is 0 Å². The molecule has 3 nitrogen and oxygen atoms in total. The average molecular weight is 266 g/mol. The Morgan fingerprint density at radius 3 is 2.74 bits per heavy atom. The minimum Gasteiger partial charge on any atom is -0.379 e. The van der Waals surface area contributed by atoms with Crippen LogP contribution in [0.4, 0.5) is 0 Å². The van der Waals surface area contributed by atoms with E-state index in [4.69, 9.17) is 4.74 Å². The van der Waals surface area contributed by atoms with E-state index in [1.54, 1.807) is 0 Å². The molecule has 19 heavy (non-hydrogen) atoms. The van der Waals surface area contributed by atoms with Crippen molar-refractivity contribution in [2.45, 2.75) is 38.1 Å². The molecular weight excluding hydrogens is 236 g/mol. The van der Waals surface area contributed by atoms with Crippen LogP contribution in [-0.2, 0) is 4.74 Å². The van der Waals surface area contributed by atoms with E-state index in [9.17, 15) is 0 Å². The second-order valence-corrected chi connectivity index (χ2v) is 7.13. The molecule has 0 spiro atoms. The van der Waals surface area contributed by atoms with Gasteiger partial charge in [0.15, 0.2) is 0 Å². The normalized spacial score (nSPS) is 40.3. The maximum absolute atomic E-state index is 5.67. The van der Waals surface area contributed by atoms with Crippen LogP contribution in [0.2, 0.25) is 0 Å². The van der Waals surface area contributed by atoms with E-state index < -0.39 is 0 Å². The minimum atomic E-state index is 0.807. The lowest BCUT2D eigenvalue weighted by Crippen LogP contribution is -2.40. The standard InChI is InChI=1S/C16H30N2O/c1-18(2)7-9-19-8-6-17-16-11-12-10-15(16)14-5-3-4-13(12)14/h12-17H,3-11H2,1-2H3. The van der Waals surface area contributed by atoms with Gasteiger partial charge in [-0.05, 0) is 63.5 Å². The molecule has 3 heteroatoms. The van der Waals surface area contributed by atoms with Gasteiger partial charge in [-0.25, -0.2) is 0 Å². The van der Waals surface area contributed by atoms with Crippen LogP contribution in [0.5, 0.6) is 0 Å². The molecule has 1 N–H and O–H groups in total. The molecule has 3 rings (SSSR count). The Hall–Kier alpha value is -0.120. The first-order valence-electron chi connectivity index (χ1n) is 8.21. The Morgan fingerprint density at radius 1 is 1.05 bits per heavy atom. The number of hydrogen-bond acceptors (Lipinski definition) is 3. The second kappa shape index (κ2) is 6.11. The van der Waals surface area contributed by atoms with E-state index in [-0.39, 0.29) is 0 Å². The van der Waals surface area contributed by atoms with Gasteiger partial charge in [-0.3, -0.25) is 0 Å². The average Bonchev–Trinajstić information content (AvgIpc) is 3.04. The number of hydrogen-bond donors (Lipinski definition) is 1. The number of rotatable bonds is 7. The summed E-state index contributed by atoms with van der Waals surface area (Å²) in [7, 11) is 4.18. The van der Waals surface area contributed by atoms with Crippen molar-refractivity contribution in [3.8, 4) is 0 Å². The van der Waals surface area contributed by atoms with Gasteiger partial charge in [0, 0.05) is 19.1 Å². The predicted molar refractivity (Wildman–Crippen MR) is 78.2 cm³/mol. The quantitative estimate of drug-likeness (QED) is 0.713. The molecule has 0 heterocycles. The van der Waals surface area contributed by atoms with Gasteiger partial charge in [-0.2, -0.15) is 0 Å². The van der Waals surface area contributed by atoms with Crippen LogP contribution in [-0.4, -0.2) is 51.3 Å². The highest BCUT2D eigenvalue weighted by Gasteiger charge is 2.53. The fourth-order valence-corrected chi connectivity index (χ4v) is 4.97. The van der Waals surface area contributed by atoms with Gasteiger partial charge in [0.1, 0.15) is 0 Å². The molecule has 0 amide bonds. The highest BCUT2D eigenvalue weighted by Crippen LogP contribution is 2.58. The van der Waals surface area contributed by atoms with Crippen LogP contribution >= 0.6 is 0 Å². The van der Waals surface area contributed by atoms with Gasteiger partial charge in [-0.1, -0.05) is 6.42 Å². The molecule has 3 aliphatic carbocycles. The van der Waals surface area contributed by atoms with E-state index in [0.717, 1.165) is 56.0 Å². The Morgan fingerprint density at radius 2 is 1.89 bits per heavy atom. The van der Waals surface area contributed by atoms with Crippen LogP contribution in [0.25, 0.3) is 0 Å². The van der Waals surface area contributed by atoms with E-state index in [1.165, 1.54) is 32.1 Å². The summed E-state index contributed by atoms with van der Waals surface area (Å²) in [6.45, 7) is 3.79. The summed E-state index contributed by atoms with van der Waals surface area (Å²) in [5.74, 6) is 4.24. The van der Waals surface area contributed by atoms with Crippen molar-refractivity contribution in [2.75, 3.05) is 40.4 Å². The Bertz CT molecular complexity index is 294. The molecule has 3 saturated carbocycles. The molecule has 0 aliphatic heterocycles. The maximum Gasteiger partial charge on any atom is 0.0593 e. The second-order valence-electron chi connectivity index (χ2n) is 7.13. The van der Waals surface area contributed by atoms with Gasteiger partial charge in [0.25, 0.3) is 0 Å². The van der Waals surface area contributed by atoms with E-state index in [2.05, 4.69) is 24.3 Å². The van der Waals surface area contributed by atoms with Crippen LogP contribution in [0.15, 0.2) is 0 Å². The molecule has 5 atom stereocenters. The first kappa shape index (κ1) is 13.8. The lowest BCUT2D eigenvalue weighted by atomic mass is 9.79. The summed E-state index contributed by atoms with van der Waals surface area (Å²) in [6.07, 6.45) is 7.52. The van der Waals surface area contributed by atoms with Crippen LogP contribution in [0, 0.1) is 23.7 Å². The summed E-state index contributed by atoms with van der Waals surface area (Å²) < 4.78 is 5.67. The summed E-state index contributed by atoms with van der Waals surface area (Å²) in [5, 5.41) is 3.78. The van der Waals surface area contributed by atoms with E-state index in [1.807, 2.05) is 0 Å². The fraction of sp³-hybridized carbons (Fsp3) is 1.00. The molecule has 5 unspecified atom stereocenters. The summed E-state index contributed by atoms with van der Waals surface area (Å²) in [4.78, 5) is 2.17. The monoisotopic (exact) mass is 266 g/mol. The number of fused-ring (bicyclic) bond motifs is 5. The van der Waals surface area contributed by atoms with Gasteiger partial charge in [0.2, 0.25) is 0 Å². The highest BCUT2D eigenvalue weighted by molar-refractivity contribution is 5.05. The van der Waals surface area contributed by atoms with Crippen molar-refractivity contribution in [3.63, 3.8) is 0 Å². The minimum absolute atomic E-state index is 0.807. The van der Waals surface area contributed by atoms with Gasteiger partial charge >= 0.3 is 0 Å². The third-order valence-corrected chi connectivity index (χ3v) is 5.76. The van der Waals surface area contributed by atoms with Crippen molar-refractivity contribution in [2.24, 2.45) is 23.7 Å². The van der Waals surface area contributed by atoms with Crippen molar-refractivity contribution in [3.05, 3.63) is 0 Å². The Labute approximate surface area is 118 Å². The van der Waals surface area contributed by atoms with Gasteiger partial charge in [-0.15, -0.1) is 0 Å². The van der Waals surface area contributed by atoms with Crippen molar-refractivity contribution >= 4 is 0 Å². The molecule has 3 aliphatic rings. The molecule has 0 saturated heterocycles. The molecule has 0 aromatic heterocycles. The summed E-state index contributed by atoms with van der Waals surface area (Å²) >= 11 is 0. The molecule has 0 aromatic carbocycles. The smallest absolute Gasteiger partial charge is 0.0593 e. The van der Waals surface area contributed by atoms with Crippen LogP contribution in [0.3, 0.4) is 0 Å². The lowest BCUT2D eigenvalue weighted by molar-refractivity contribution is 0.112. The Balaban J connectivity index is 1.32. The SMILES string of the molecule is CN(C)CCOCCNC1CC2CC1C1CCCC21. The first-order chi connectivity index (χ1) is 9.25. The van der Waals surface area contributed by atoms with E-state index in [0.29, 0.717) is 0 Å². The van der Waals surface area contributed by atoms with Gasteiger partial charge in [0.05, 0.1) is 13.2 Å². The molecule has 0 aromatic rings. The third-order valence-electron chi connectivity index (χ3n) is 5.76. The number of ether oxygens (including phenoxy) is 1. The van der Waals surface area contributed by atoms with E-state index >= 15 is 0 Å². The molecule has 2 bridgehead atoms. The van der Waals surface area contributed by atoms with Crippen LogP contribution in [0.1, 0.15) is 32.1 Å². The number of nitrogens with one attached hydrogen (secondary N) is 1. The zero-order chi connectivity index (χ0) is 13.2. The topological polar surface area (TPSA) is 24.5 Å². The molecule has 110 valence electrons. The first-order valence-corrected chi connectivity index (χ1v) is 8.21. The molecule has 3 fully saturated rings. The van der Waals surface area contributed by atoms with Gasteiger partial charge < -0.3 is 15.0 Å². The third kappa shape index (κ3) is 2.98. The summed E-state index contributed by atoms with van der Waals surface area (Å²) in [6, 6.07) is 0.807. The van der Waals surface area contributed by atoms with Crippen molar-refractivity contribution < 1.29 is 4.74 Å². The number of nitrogens with zero attached hydrogens (tertiary/aromatic N) is 1. The number of likely N-dealkylation sites (N-methyl/N-ethyl adjacent to an activating group) is 1. The summed E-state index contributed by atoms with van der Waals surface area (Å²) in [5.41, 5.74) is 0. The van der Waals surface area contributed by atoms with Crippen molar-refractivity contribution in [1.82, 2.24) is 10.2 Å². The lowest BCUT2D eigenvalue weighted by Gasteiger charge is -2.32. The molecular formula is C16H30N2O.